The predicted molar refractivity (Wildman–Crippen MR) is 117 cm³/mol. The second-order valence-corrected chi connectivity index (χ2v) is 11.4. The first-order valence-electron chi connectivity index (χ1n) is 10.3. The number of hydrogen-bond acceptors (Lipinski definition) is 6. The molecular formula is C21H25N3O6S2. The summed E-state index contributed by atoms with van der Waals surface area (Å²) in [5.41, 5.74) is 0.628. The summed E-state index contributed by atoms with van der Waals surface area (Å²) in [6.45, 7) is 1.22. The Kier molecular flexibility index (Phi) is 6.63. The van der Waals surface area contributed by atoms with E-state index in [4.69, 9.17) is 4.74 Å². The van der Waals surface area contributed by atoms with Crippen LogP contribution in [0, 0.1) is 0 Å². The Hall–Kier alpha value is -2.31. The summed E-state index contributed by atoms with van der Waals surface area (Å²) in [6.07, 6.45) is 1.62. The molecule has 0 aromatic heterocycles. The van der Waals surface area contributed by atoms with Gasteiger partial charge in [-0.3, -0.25) is 4.79 Å². The fraction of sp³-hybridized carbons (Fsp3) is 0.381. The van der Waals surface area contributed by atoms with Crippen molar-refractivity contribution in [2.24, 2.45) is 0 Å². The van der Waals surface area contributed by atoms with Crippen molar-refractivity contribution in [2.45, 2.75) is 35.2 Å². The third-order valence-electron chi connectivity index (χ3n) is 5.31. The molecular weight excluding hydrogens is 454 g/mol. The summed E-state index contributed by atoms with van der Waals surface area (Å²) >= 11 is 0. The molecule has 32 heavy (non-hydrogen) atoms. The summed E-state index contributed by atoms with van der Waals surface area (Å²) in [4.78, 5) is 12.8. The van der Waals surface area contributed by atoms with Gasteiger partial charge >= 0.3 is 0 Å². The molecule has 1 heterocycles. The van der Waals surface area contributed by atoms with E-state index in [1.807, 2.05) is 0 Å². The van der Waals surface area contributed by atoms with Gasteiger partial charge < -0.3 is 10.1 Å². The van der Waals surface area contributed by atoms with Crippen LogP contribution in [0.3, 0.4) is 0 Å². The minimum Gasteiger partial charge on any atom is -0.379 e. The van der Waals surface area contributed by atoms with Gasteiger partial charge in [-0.15, -0.1) is 0 Å². The Bertz CT molecular complexity index is 1200. The molecule has 1 aliphatic heterocycles. The van der Waals surface area contributed by atoms with Gasteiger partial charge in [0.25, 0.3) is 5.91 Å². The van der Waals surface area contributed by atoms with Gasteiger partial charge in [0, 0.05) is 31.2 Å². The van der Waals surface area contributed by atoms with Gasteiger partial charge in [0.05, 0.1) is 23.0 Å². The largest absolute Gasteiger partial charge is 0.379 e. The minimum atomic E-state index is -3.72. The van der Waals surface area contributed by atoms with E-state index in [9.17, 15) is 21.6 Å². The normalized spacial score (nSPS) is 17.8. The molecule has 2 fully saturated rings. The van der Waals surface area contributed by atoms with Crippen LogP contribution in [-0.2, 0) is 31.3 Å². The van der Waals surface area contributed by atoms with Crippen LogP contribution in [0.5, 0.6) is 0 Å². The number of nitrogens with zero attached hydrogens (tertiary/aromatic N) is 1. The zero-order valence-electron chi connectivity index (χ0n) is 17.4. The standard InChI is InChI=1S/C21H25N3O6S2/c25-21(16-5-3-6-19(14-16)31(26,27)23-18-8-9-18)22-15-17-4-1-2-7-20(17)32(28,29)24-10-12-30-13-11-24/h1-7,14,18,23H,8-13,15H2,(H,22,25). The Morgan fingerprint density at radius 2 is 1.72 bits per heavy atom. The number of sulfonamides is 2. The van der Waals surface area contributed by atoms with Crippen molar-refractivity contribution in [3.8, 4) is 0 Å². The van der Waals surface area contributed by atoms with Crippen LogP contribution in [0.1, 0.15) is 28.8 Å². The van der Waals surface area contributed by atoms with E-state index in [1.165, 1.54) is 34.6 Å². The summed E-state index contributed by atoms with van der Waals surface area (Å²) < 4.78 is 60.1. The van der Waals surface area contributed by atoms with E-state index in [-0.39, 0.29) is 41.0 Å². The lowest BCUT2D eigenvalue weighted by molar-refractivity contribution is 0.0730. The van der Waals surface area contributed by atoms with Gasteiger partial charge in [-0.25, -0.2) is 21.6 Å². The van der Waals surface area contributed by atoms with E-state index < -0.39 is 26.0 Å². The Labute approximate surface area is 187 Å². The van der Waals surface area contributed by atoms with E-state index >= 15 is 0 Å². The number of hydrogen-bond donors (Lipinski definition) is 2. The Morgan fingerprint density at radius 3 is 2.44 bits per heavy atom. The number of rotatable bonds is 8. The van der Waals surface area contributed by atoms with Crippen molar-refractivity contribution in [1.82, 2.24) is 14.3 Å². The van der Waals surface area contributed by atoms with Crippen LogP contribution >= 0.6 is 0 Å². The highest BCUT2D eigenvalue weighted by Crippen LogP contribution is 2.23. The van der Waals surface area contributed by atoms with Crippen molar-refractivity contribution in [2.75, 3.05) is 26.3 Å². The number of benzene rings is 2. The lowest BCUT2D eigenvalue weighted by atomic mass is 10.2. The van der Waals surface area contributed by atoms with E-state index in [2.05, 4.69) is 10.0 Å². The van der Waals surface area contributed by atoms with Gasteiger partial charge in [-0.2, -0.15) is 4.31 Å². The number of carbonyl (C=O) groups is 1. The molecule has 0 bridgehead atoms. The number of morpholine rings is 1. The first-order chi connectivity index (χ1) is 15.3. The van der Waals surface area contributed by atoms with Crippen LogP contribution < -0.4 is 10.0 Å². The highest BCUT2D eigenvalue weighted by Gasteiger charge is 2.29. The number of ether oxygens (including phenoxy) is 1. The highest BCUT2D eigenvalue weighted by molar-refractivity contribution is 7.89. The molecule has 4 rings (SSSR count). The molecule has 2 aromatic carbocycles. The predicted octanol–water partition coefficient (Wildman–Crippen LogP) is 1.08. The average molecular weight is 480 g/mol. The van der Waals surface area contributed by atoms with Crippen LogP contribution in [0.4, 0.5) is 0 Å². The lowest BCUT2D eigenvalue weighted by Crippen LogP contribution is -2.41. The lowest BCUT2D eigenvalue weighted by Gasteiger charge is -2.27. The monoisotopic (exact) mass is 479 g/mol. The fourth-order valence-electron chi connectivity index (χ4n) is 3.40. The molecule has 172 valence electrons. The Morgan fingerprint density at radius 1 is 1.00 bits per heavy atom. The molecule has 11 heteroatoms. The summed E-state index contributed by atoms with van der Waals surface area (Å²) in [5.74, 6) is -0.493. The van der Waals surface area contributed by atoms with Gasteiger partial charge in [-0.05, 0) is 42.7 Å². The first-order valence-corrected chi connectivity index (χ1v) is 13.3. The van der Waals surface area contributed by atoms with Crippen molar-refractivity contribution in [1.29, 1.82) is 0 Å². The van der Waals surface area contributed by atoms with Crippen LogP contribution in [0.15, 0.2) is 58.3 Å². The second-order valence-electron chi connectivity index (χ2n) is 7.73. The van der Waals surface area contributed by atoms with E-state index in [1.54, 1.807) is 18.2 Å². The van der Waals surface area contributed by atoms with Crippen LogP contribution in [0.25, 0.3) is 0 Å². The Balaban J connectivity index is 1.49. The van der Waals surface area contributed by atoms with Crippen molar-refractivity contribution in [3.05, 3.63) is 59.7 Å². The van der Waals surface area contributed by atoms with Gasteiger partial charge in [0.15, 0.2) is 0 Å². The van der Waals surface area contributed by atoms with E-state index in [0.29, 0.717) is 18.8 Å². The zero-order valence-corrected chi connectivity index (χ0v) is 19.0. The first kappa shape index (κ1) is 22.9. The minimum absolute atomic E-state index is 0.0180. The quantitative estimate of drug-likeness (QED) is 0.584. The van der Waals surface area contributed by atoms with Gasteiger partial charge in [0.1, 0.15) is 0 Å². The molecule has 0 unspecified atom stereocenters. The summed E-state index contributed by atoms with van der Waals surface area (Å²) in [5, 5.41) is 2.70. The molecule has 1 saturated heterocycles. The maximum atomic E-state index is 13.1. The average Bonchev–Trinajstić information content (AvgIpc) is 3.61. The van der Waals surface area contributed by atoms with Crippen molar-refractivity contribution >= 4 is 26.0 Å². The van der Waals surface area contributed by atoms with Gasteiger partial charge in [0.2, 0.25) is 20.0 Å². The molecule has 2 aromatic rings. The maximum Gasteiger partial charge on any atom is 0.251 e. The van der Waals surface area contributed by atoms with Gasteiger partial charge in [-0.1, -0.05) is 24.3 Å². The molecule has 0 spiro atoms. The number of nitrogens with one attached hydrogen (secondary N) is 2. The van der Waals surface area contributed by atoms with Crippen molar-refractivity contribution in [3.63, 3.8) is 0 Å². The van der Waals surface area contributed by atoms with E-state index in [0.717, 1.165) is 12.8 Å². The SMILES string of the molecule is O=C(NCc1ccccc1S(=O)(=O)N1CCOCC1)c1cccc(S(=O)(=O)NC2CC2)c1. The smallest absolute Gasteiger partial charge is 0.251 e. The molecule has 2 N–H and O–H groups in total. The second kappa shape index (κ2) is 9.28. The third kappa shape index (κ3) is 5.18. The molecule has 1 aliphatic carbocycles. The summed E-state index contributed by atoms with van der Waals surface area (Å²) in [7, 11) is -7.41. The third-order valence-corrected chi connectivity index (χ3v) is 8.82. The number of amides is 1. The molecule has 1 amide bonds. The molecule has 9 nitrogen and oxygen atoms in total. The molecule has 0 atom stereocenters. The van der Waals surface area contributed by atoms with Crippen LogP contribution in [0.2, 0.25) is 0 Å². The zero-order chi connectivity index (χ0) is 22.8. The molecule has 2 aliphatic rings. The van der Waals surface area contributed by atoms with Crippen LogP contribution in [-0.4, -0.2) is 59.4 Å². The summed E-state index contributed by atoms with van der Waals surface area (Å²) in [6, 6.07) is 12.2. The topological polar surface area (TPSA) is 122 Å². The highest BCUT2D eigenvalue weighted by atomic mass is 32.2. The number of carbonyl (C=O) groups excluding carboxylic acids is 1. The van der Waals surface area contributed by atoms with Crippen molar-refractivity contribution < 1.29 is 26.4 Å². The maximum absolute atomic E-state index is 13.1. The molecule has 1 saturated carbocycles. The fourth-order valence-corrected chi connectivity index (χ4v) is 6.38. The molecule has 0 radical (unpaired) electrons.